The summed E-state index contributed by atoms with van der Waals surface area (Å²) in [5.41, 5.74) is 3.74. The maximum atomic E-state index is 13.7. The molecule has 0 radical (unpaired) electrons. The van der Waals surface area contributed by atoms with E-state index in [0.29, 0.717) is 16.9 Å². The van der Waals surface area contributed by atoms with Gasteiger partial charge in [0.15, 0.2) is 0 Å². The van der Waals surface area contributed by atoms with Crippen molar-refractivity contribution in [3.8, 4) is 0 Å². The van der Waals surface area contributed by atoms with Crippen LogP contribution in [0.4, 0.5) is 37.7 Å². The van der Waals surface area contributed by atoms with Crippen molar-refractivity contribution in [2.75, 3.05) is 4.90 Å². The average Bonchev–Trinajstić information content (AvgIpc) is 3.46. The molecule has 8 heteroatoms. The number of aromatic nitrogens is 1. The first-order valence-corrected chi connectivity index (χ1v) is 12.7. The Morgan fingerprint density at radius 3 is 2.12 bits per heavy atom. The van der Waals surface area contributed by atoms with Crippen LogP contribution in [-0.4, -0.2) is 11.0 Å². The maximum Gasteiger partial charge on any atom is 0.416 e. The number of alkyl halides is 6. The molecule has 40 heavy (non-hydrogen) atoms. The quantitative estimate of drug-likeness (QED) is 0.219. The number of hydrogen-bond acceptors (Lipinski definition) is 1. The van der Waals surface area contributed by atoms with Gasteiger partial charge in [-0.2, -0.15) is 26.3 Å². The molecule has 2 aliphatic rings. The van der Waals surface area contributed by atoms with Gasteiger partial charge in [0.2, 0.25) is 0 Å². The molecule has 7 rings (SSSR count). The molecule has 2 atom stereocenters. The second-order valence-corrected chi connectivity index (χ2v) is 10.1. The van der Waals surface area contributed by atoms with Crippen molar-refractivity contribution in [1.82, 2.24) is 4.98 Å². The molecule has 0 bridgehead atoms. The van der Waals surface area contributed by atoms with E-state index >= 15 is 0 Å². The summed E-state index contributed by atoms with van der Waals surface area (Å²) in [6.07, 6.45) is -3.19. The summed E-state index contributed by atoms with van der Waals surface area (Å²) >= 11 is 0. The van der Waals surface area contributed by atoms with E-state index in [9.17, 15) is 26.3 Å². The van der Waals surface area contributed by atoms with Gasteiger partial charge in [-0.3, -0.25) is 0 Å². The lowest BCUT2D eigenvalue weighted by molar-refractivity contribution is -0.138. The molecule has 2 heterocycles. The van der Waals surface area contributed by atoms with Crippen LogP contribution in [0.15, 0.2) is 103 Å². The Hall–Kier alpha value is -4.46. The Morgan fingerprint density at radius 1 is 0.675 bits per heavy atom. The number of allylic oxidation sites excluding steroid dienone is 2. The summed E-state index contributed by atoms with van der Waals surface area (Å²) < 4.78 is 80.6. The SMILES string of the molecule is FC(F)(F)c1ccc(N2c3ccc(C(F)(F)F)cc3C3C=C(c4ccc5[nH]c6ccccc6c5c4)C=CC32)cc1. The molecule has 5 aromatic rings. The Morgan fingerprint density at radius 2 is 1.38 bits per heavy atom. The second-order valence-electron chi connectivity index (χ2n) is 10.1. The number of halogens is 6. The van der Waals surface area contributed by atoms with E-state index in [-0.39, 0.29) is 0 Å². The zero-order chi connectivity index (χ0) is 27.8. The lowest BCUT2D eigenvalue weighted by Gasteiger charge is -2.30. The van der Waals surface area contributed by atoms with E-state index in [1.165, 1.54) is 18.2 Å². The monoisotopic (exact) mass is 546 g/mol. The van der Waals surface area contributed by atoms with Gasteiger partial charge in [0.1, 0.15) is 0 Å². The number of benzene rings is 4. The van der Waals surface area contributed by atoms with E-state index in [1.807, 2.05) is 59.5 Å². The van der Waals surface area contributed by atoms with Crippen molar-refractivity contribution in [2.45, 2.75) is 24.3 Å². The normalized spacial score (nSPS) is 18.8. The zero-order valence-electron chi connectivity index (χ0n) is 20.7. The molecule has 2 nitrogen and oxygen atoms in total. The lowest BCUT2D eigenvalue weighted by atomic mass is 9.85. The van der Waals surface area contributed by atoms with Gasteiger partial charge in [-0.05, 0) is 77.4 Å². The van der Waals surface area contributed by atoms with Crippen LogP contribution in [0.25, 0.3) is 27.4 Å². The highest BCUT2D eigenvalue weighted by Crippen LogP contribution is 2.51. The molecule has 0 saturated carbocycles. The van der Waals surface area contributed by atoms with Crippen LogP contribution in [0.5, 0.6) is 0 Å². The Labute approximate surface area is 224 Å². The van der Waals surface area contributed by atoms with E-state index in [2.05, 4.69) is 11.1 Å². The van der Waals surface area contributed by atoms with Crippen LogP contribution in [0.1, 0.15) is 28.2 Å². The molecule has 0 amide bonds. The van der Waals surface area contributed by atoms with Crippen molar-refractivity contribution in [2.24, 2.45) is 0 Å². The molecule has 0 fully saturated rings. The first-order valence-electron chi connectivity index (χ1n) is 12.7. The van der Waals surface area contributed by atoms with Crippen LogP contribution in [-0.2, 0) is 12.4 Å². The van der Waals surface area contributed by atoms with E-state index in [4.69, 9.17) is 0 Å². The fourth-order valence-corrected chi connectivity index (χ4v) is 5.91. The fourth-order valence-electron chi connectivity index (χ4n) is 5.91. The first-order chi connectivity index (χ1) is 19.1. The van der Waals surface area contributed by atoms with Gasteiger partial charge in [-0.25, -0.2) is 0 Å². The predicted octanol–water partition coefficient (Wildman–Crippen LogP) is 9.62. The van der Waals surface area contributed by atoms with Gasteiger partial charge in [-0.15, -0.1) is 0 Å². The Kier molecular flexibility index (Phi) is 5.23. The molecule has 0 spiro atoms. The number of anilines is 2. The number of nitrogens with zero attached hydrogens (tertiary/aromatic N) is 1. The van der Waals surface area contributed by atoms with Crippen molar-refractivity contribution in [3.05, 3.63) is 125 Å². The standard InChI is InChI=1S/C32H20F6N2/c33-31(34,35)20-7-10-22(11-8-20)40-29-13-6-19(16-25(29)26-17-21(32(36,37)38)9-14-30(26)40)18-5-12-28-24(15-18)23-3-1-2-4-27(23)39-28/h1-17,25,29,39H. The number of aromatic amines is 1. The van der Waals surface area contributed by atoms with Crippen LogP contribution in [0.3, 0.4) is 0 Å². The number of nitrogens with one attached hydrogen (secondary N) is 1. The van der Waals surface area contributed by atoms with Gasteiger partial charge < -0.3 is 9.88 Å². The Balaban J connectivity index is 1.34. The lowest BCUT2D eigenvalue weighted by Crippen LogP contribution is -2.29. The van der Waals surface area contributed by atoms with Gasteiger partial charge in [0.25, 0.3) is 0 Å². The van der Waals surface area contributed by atoms with Crippen molar-refractivity contribution < 1.29 is 26.3 Å². The summed E-state index contributed by atoms with van der Waals surface area (Å²) in [6, 6.07) is 21.9. The summed E-state index contributed by atoms with van der Waals surface area (Å²) in [6.45, 7) is 0. The highest BCUT2D eigenvalue weighted by Gasteiger charge is 2.41. The van der Waals surface area contributed by atoms with Gasteiger partial charge in [0.05, 0.1) is 17.2 Å². The average molecular weight is 547 g/mol. The molecule has 1 aliphatic heterocycles. The second kappa shape index (κ2) is 8.52. The largest absolute Gasteiger partial charge is 0.416 e. The van der Waals surface area contributed by atoms with Crippen LogP contribution >= 0.6 is 0 Å². The molecule has 4 aromatic carbocycles. The molecule has 1 N–H and O–H groups in total. The maximum absolute atomic E-state index is 13.7. The highest BCUT2D eigenvalue weighted by molar-refractivity contribution is 6.08. The highest BCUT2D eigenvalue weighted by atomic mass is 19.4. The number of hydrogen-bond donors (Lipinski definition) is 1. The molecular weight excluding hydrogens is 526 g/mol. The number of para-hydroxylation sites is 1. The van der Waals surface area contributed by atoms with Crippen molar-refractivity contribution in [3.63, 3.8) is 0 Å². The van der Waals surface area contributed by atoms with Crippen LogP contribution in [0, 0.1) is 0 Å². The van der Waals surface area contributed by atoms with Crippen molar-refractivity contribution in [1.29, 1.82) is 0 Å². The molecule has 1 aromatic heterocycles. The summed E-state index contributed by atoms with van der Waals surface area (Å²) in [5.74, 6) is -0.432. The number of fused-ring (bicyclic) bond motifs is 6. The molecular formula is C32H20F6N2. The molecule has 1 aliphatic carbocycles. The first kappa shape index (κ1) is 24.6. The number of H-pyrrole nitrogens is 1. The van der Waals surface area contributed by atoms with Crippen LogP contribution in [0.2, 0.25) is 0 Å². The zero-order valence-corrected chi connectivity index (χ0v) is 20.7. The summed E-state index contributed by atoms with van der Waals surface area (Å²) in [4.78, 5) is 5.21. The molecule has 0 saturated heterocycles. The third-order valence-electron chi connectivity index (χ3n) is 7.78. The minimum absolute atomic E-state index is 0.393. The fraction of sp³-hybridized carbons (Fsp3) is 0.125. The van der Waals surface area contributed by atoms with Crippen LogP contribution < -0.4 is 4.90 Å². The minimum atomic E-state index is -4.52. The topological polar surface area (TPSA) is 19.0 Å². The van der Waals surface area contributed by atoms with Crippen molar-refractivity contribution >= 4 is 38.8 Å². The number of rotatable bonds is 2. The van der Waals surface area contributed by atoms with E-state index in [0.717, 1.165) is 57.2 Å². The molecule has 200 valence electrons. The van der Waals surface area contributed by atoms with E-state index < -0.39 is 35.4 Å². The van der Waals surface area contributed by atoms with Gasteiger partial charge >= 0.3 is 12.4 Å². The predicted molar refractivity (Wildman–Crippen MR) is 144 cm³/mol. The Bertz CT molecular complexity index is 1840. The summed E-state index contributed by atoms with van der Waals surface area (Å²) in [5, 5.41) is 2.12. The smallest absolute Gasteiger partial charge is 0.355 e. The minimum Gasteiger partial charge on any atom is -0.355 e. The van der Waals surface area contributed by atoms with Gasteiger partial charge in [0, 0.05) is 39.1 Å². The molecule has 2 unspecified atom stereocenters. The third-order valence-corrected chi connectivity index (χ3v) is 7.78. The van der Waals surface area contributed by atoms with Gasteiger partial charge in [-0.1, -0.05) is 42.5 Å². The third kappa shape index (κ3) is 3.89. The van der Waals surface area contributed by atoms with E-state index in [1.54, 1.807) is 0 Å². The summed E-state index contributed by atoms with van der Waals surface area (Å²) in [7, 11) is 0.